The van der Waals surface area contributed by atoms with Crippen molar-refractivity contribution in [2.24, 2.45) is 5.41 Å². The van der Waals surface area contributed by atoms with Crippen molar-refractivity contribution in [3.05, 3.63) is 24.2 Å². The van der Waals surface area contributed by atoms with Gasteiger partial charge < -0.3 is 9.47 Å². The van der Waals surface area contributed by atoms with E-state index in [1.807, 2.05) is 6.08 Å². The lowest BCUT2D eigenvalue weighted by molar-refractivity contribution is -0.116. The molecule has 0 amide bonds. The van der Waals surface area contributed by atoms with Crippen molar-refractivity contribution in [3.63, 3.8) is 0 Å². The van der Waals surface area contributed by atoms with E-state index in [-0.39, 0.29) is 16.8 Å². The van der Waals surface area contributed by atoms with E-state index in [1.54, 1.807) is 6.92 Å². The van der Waals surface area contributed by atoms with E-state index in [1.165, 1.54) is 0 Å². The molecule has 0 aromatic rings. The number of Topliss-reactive ketones (excluding diaryl/α,β-unsaturated/α-hetero) is 1. The highest BCUT2D eigenvalue weighted by atomic mass is 16.6. The molecular weight excluding hydrogens is 216 g/mol. The molecule has 17 heavy (non-hydrogen) atoms. The van der Waals surface area contributed by atoms with Gasteiger partial charge in [0.05, 0.1) is 6.61 Å². The summed E-state index contributed by atoms with van der Waals surface area (Å²) in [5.74, 6) is 1.69. The molecular formula is C14H20O3. The molecule has 2 heterocycles. The summed E-state index contributed by atoms with van der Waals surface area (Å²) in [7, 11) is 0. The minimum absolute atomic E-state index is 0.0617. The minimum atomic E-state index is -0.247. The number of hydrogen-bond donors (Lipinski definition) is 0. The molecule has 1 unspecified atom stereocenters. The molecule has 2 aliphatic heterocycles. The molecule has 2 rings (SSSR count). The lowest BCUT2D eigenvalue weighted by Gasteiger charge is -2.24. The van der Waals surface area contributed by atoms with Crippen LogP contribution in [0.1, 0.15) is 40.0 Å². The second-order valence-electron chi connectivity index (χ2n) is 5.67. The average Bonchev–Trinajstić information content (AvgIpc) is 3.01. The molecule has 0 aromatic heterocycles. The third-order valence-corrected chi connectivity index (χ3v) is 3.63. The summed E-state index contributed by atoms with van der Waals surface area (Å²) < 4.78 is 11.3. The lowest BCUT2D eigenvalue weighted by atomic mass is 9.83. The van der Waals surface area contributed by atoms with Gasteiger partial charge in [-0.15, -0.1) is 0 Å². The van der Waals surface area contributed by atoms with Gasteiger partial charge in [0, 0.05) is 11.8 Å². The summed E-state index contributed by atoms with van der Waals surface area (Å²) in [5.41, 5.74) is -0.309. The number of ketones is 1. The van der Waals surface area contributed by atoms with Crippen LogP contribution in [0.4, 0.5) is 0 Å². The van der Waals surface area contributed by atoms with Gasteiger partial charge in [-0.05, 0) is 25.8 Å². The molecule has 0 saturated carbocycles. The number of ether oxygens (including phenoxy) is 2. The Hall–Kier alpha value is -1.09. The van der Waals surface area contributed by atoms with E-state index in [9.17, 15) is 4.79 Å². The average molecular weight is 236 g/mol. The second-order valence-corrected chi connectivity index (χ2v) is 5.67. The predicted molar refractivity (Wildman–Crippen MR) is 65.3 cm³/mol. The van der Waals surface area contributed by atoms with Crippen molar-refractivity contribution in [1.82, 2.24) is 0 Å². The molecule has 3 nitrogen and oxygen atoms in total. The molecule has 2 fully saturated rings. The van der Waals surface area contributed by atoms with Gasteiger partial charge in [0.15, 0.2) is 0 Å². The van der Waals surface area contributed by atoms with E-state index >= 15 is 0 Å². The summed E-state index contributed by atoms with van der Waals surface area (Å²) in [6, 6.07) is 0. The van der Waals surface area contributed by atoms with Crippen LogP contribution in [0.5, 0.6) is 0 Å². The minimum Gasteiger partial charge on any atom is -0.463 e. The van der Waals surface area contributed by atoms with Crippen molar-refractivity contribution < 1.29 is 14.3 Å². The van der Waals surface area contributed by atoms with E-state index < -0.39 is 0 Å². The highest BCUT2D eigenvalue weighted by Crippen LogP contribution is 2.49. The van der Waals surface area contributed by atoms with Crippen LogP contribution in [0.25, 0.3) is 0 Å². The highest BCUT2D eigenvalue weighted by Gasteiger charge is 2.52. The largest absolute Gasteiger partial charge is 0.463 e. The monoisotopic (exact) mass is 236 g/mol. The van der Waals surface area contributed by atoms with Crippen molar-refractivity contribution in [1.29, 1.82) is 0 Å². The zero-order chi connectivity index (χ0) is 12.7. The lowest BCUT2D eigenvalue weighted by Crippen LogP contribution is -2.15. The summed E-state index contributed by atoms with van der Waals surface area (Å²) in [4.78, 5) is 11.1. The number of epoxide rings is 1. The molecule has 0 aromatic carbocycles. The number of hydrogen-bond acceptors (Lipinski definition) is 3. The molecule has 0 N–H and O–H groups in total. The Morgan fingerprint density at radius 3 is 2.65 bits per heavy atom. The maximum absolute atomic E-state index is 11.1. The Labute approximate surface area is 102 Å². The molecule has 0 aliphatic carbocycles. The van der Waals surface area contributed by atoms with Gasteiger partial charge in [-0.2, -0.15) is 0 Å². The summed E-state index contributed by atoms with van der Waals surface area (Å²) in [5, 5.41) is 0. The van der Waals surface area contributed by atoms with E-state index in [2.05, 4.69) is 20.4 Å². The number of allylic oxidation sites excluding steroid dienone is 2. The van der Waals surface area contributed by atoms with Crippen molar-refractivity contribution in [3.8, 4) is 0 Å². The smallest absolute Gasteiger partial charge is 0.148 e. The fraction of sp³-hybridized carbons (Fsp3) is 0.643. The molecule has 2 saturated heterocycles. The molecule has 0 bridgehead atoms. The third kappa shape index (κ3) is 2.44. The van der Waals surface area contributed by atoms with E-state index in [0.717, 1.165) is 18.6 Å². The maximum atomic E-state index is 11.1. The normalized spacial score (nSPS) is 33.4. The van der Waals surface area contributed by atoms with Crippen molar-refractivity contribution in [2.45, 2.75) is 45.6 Å². The zero-order valence-electron chi connectivity index (χ0n) is 10.8. The van der Waals surface area contributed by atoms with Gasteiger partial charge >= 0.3 is 0 Å². The van der Waals surface area contributed by atoms with Crippen LogP contribution in [0.2, 0.25) is 0 Å². The van der Waals surface area contributed by atoms with Crippen molar-refractivity contribution >= 4 is 5.78 Å². The van der Waals surface area contributed by atoms with Gasteiger partial charge in [-0.1, -0.05) is 20.4 Å². The zero-order valence-corrected chi connectivity index (χ0v) is 10.8. The first-order valence-electron chi connectivity index (χ1n) is 6.07. The first-order valence-corrected chi connectivity index (χ1v) is 6.07. The Morgan fingerprint density at radius 1 is 1.47 bits per heavy atom. The topological polar surface area (TPSA) is 38.8 Å². The van der Waals surface area contributed by atoms with Gasteiger partial charge in [0.2, 0.25) is 0 Å². The van der Waals surface area contributed by atoms with Crippen LogP contribution in [0, 0.1) is 5.41 Å². The maximum Gasteiger partial charge on any atom is 0.148 e. The molecule has 94 valence electrons. The van der Waals surface area contributed by atoms with Crippen LogP contribution >= 0.6 is 0 Å². The first kappa shape index (κ1) is 12.4. The number of carbonyl (C=O) groups excluding carboxylic acids is 1. The first-order chi connectivity index (χ1) is 7.86. The third-order valence-electron chi connectivity index (χ3n) is 3.63. The van der Waals surface area contributed by atoms with Crippen LogP contribution in [-0.4, -0.2) is 18.0 Å². The number of rotatable bonds is 2. The van der Waals surface area contributed by atoms with E-state index in [4.69, 9.17) is 9.47 Å². The Kier molecular flexibility index (Phi) is 2.90. The Bertz CT molecular complexity index is 386. The highest BCUT2D eigenvalue weighted by molar-refractivity contribution is 5.77. The summed E-state index contributed by atoms with van der Waals surface area (Å²) >= 11 is 0. The molecule has 1 atom stereocenters. The molecule has 0 radical (unpaired) electrons. The van der Waals surface area contributed by atoms with Crippen molar-refractivity contribution in [2.75, 3.05) is 6.61 Å². The Morgan fingerprint density at radius 2 is 2.12 bits per heavy atom. The fourth-order valence-electron chi connectivity index (χ4n) is 2.09. The number of carbonyl (C=O) groups is 1. The quantitative estimate of drug-likeness (QED) is 0.692. The van der Waals surface area contributed by atoms with Crippen LogP contribution in [0.3, 0.4) is 0 Å². The van der Waals surface area contributed by atoms with E-state index in [0.29, 0.717) is 18.8 Å². The van der Waals surface area contributed by atoms with Crippen LogP contribution in [-0.2, 0) is 14.3 Å². The molecule has 3 heteroatoms. The summed E-state index contributed by atoms with van der Waals surface area (Å²) in [6.07, 6.45) is 4.22. The summed E-state index contributed by atoms with van der Waals surface area (Å²) in [6.45, 7) is 10.5. The van der Waals surface area contributed by atoms with Crippen LogP contribution < -0.4 is 0 Å². The van der Waals surface area contributed by atoms with Gasteiger partial charge in [-0.25, -0.2) is 0 Å². The Balaban J connectivity index is 2.20. The predicted octanol–water partition coefficient (Wildman–Crippen LogP) is 2.97. The van der Waals surface area contributed by atoms with Gasteiger partial charge in [-0.3, -0.25) is 4.79 Å². The van der Waals surface area contributed by atoms with Crippen LogP contribution in [0.15, 0.2) is 24.2 Å². The molecule has 2 aliphatic rings. The fourth-order valence-corrected chi connectivity index (χ4v) is 2.09. The second kappa shape index (κ2) is 3.98. The van der Waals surface area contributed by atoms with Gasteiger partial charge in [0.25, 0.3) is 0 Å². The SMILES string of the molecule is C=C1OC(=CCC(C)=O)C(C)(C)CCC12CO2. The molecule has 1 spiro atoms. The van der Waals surface area contributed by atoms with Gasteiger partial charge in [0.1, 0.15) is 22.9 Å². The standard InChI is InChI=1S/C14H20O3/c1-10(15)5-6-12-13(3,4)7-8-14(9-16-14)11(2)17-12/h6H,2,5,7-9H2,1,3-4H3.